The van der Waals surface area contributed by atoms with E-state index in [4.69, 9.17) is 0 Å². The number of hydrogen-bond donors (Lipinski definition) is 1. The number of nitrogens with one attached hydrogen (secondary N) is 1. The number of hydrogen-bond acceptors (Lipinski definition) is 3. The molecule has 0 bridgehead atoms. The van der Waals surface area contributed by atoms with Crippen molar-refractivity contribution in [3.8, 4) is 0 Å². The smallest absolute Gasteiger partial charge is 0.127 e. The van der Waals surface area contributed by atoms with Crippen LogP contribution in [0.3, 0.4) is 0 Å². The monoisotopic (exact) mass is 344 g/mol. The molecule has 2 aromatic carbocycles. The zero-order valence-corrected chi connectivity index (χ0v) is 13.1. The molecule has 1 heterocycles. The highest BCUT2D eigenvalue weighted by molar-refractivity contribution is 9.12. The zero-order chi connectivity index (χ0) is 13.8. The molecule has 0 aliphatic carbocycles. The second-order valence-corrected chi connectivity index (χ2v) is 6.36. The third kappa shape index (κ3) is 3.14. The van der Waals surface area contributed by atoms with E-state index in [9.17, 15) is 0 Å². The van der Waals surface area contributed by atoms with Crippen molar-refractivity contribution in [1.29, 1.82) is 0 Å². The molecule has 3 rings (SSSR count). The summed E-state index contributed by atoms with van der Waals surface area (Å²) in [7, 11) is 0. The van der Waals surface area contributed by atoms with Crippen LogP contribution in [0, 0.1) is 0 Å². The van der Waals surface area contributed by atoms with E-state index in [0.29, 0.717) is 0 Å². The lowest BCUT2D eigenvalue weighted by atomic mass is 10.2. The summed E-state index contributed by atoms with van der Waals surface area (Å²) in [6, 6.07) is 20.5. The van der Waals surface area contributed by atoms with Gasteiger partial charge < -0.3 is 0 Å². The van der Waals surface area contributed by atoms with E-state index in [0.717, 1.165) is 15.1 Å². The Bertz CT molecular complexity index is 638. The van der Waals surface area contributed by atoms with Crippen LogP contribution in [-0.2, 0) is 0 Å². The molecule has 1 aliphatic heterocycles. The molecule has 0 saturated carbocycles. The summed E-state index contributed by atoms with van der Waals surface area (Å²) >= 11 is 5.36. The minimum absolute atomic E-state index is 0.130. The highest BCUT2D eigenvalue weighted by Crippen LogP contribution is 2.31. The van der Waals surface area contributed by atoms with E-state index < -0.39 is 0 Å². The van der Waals surface area contributed by atoms with Crippen molar-refractivity contribution in [2.75, 3.05) is 0 Å². The molecule has 2 aromatic rings. The second-order valence-electron chi connectivity index (χ2n) is 4.35. The van der Waals surface area contributed by atoms with Gasteiger partial charge in [-0.15, -0.1) is 0 Å². The third-order valence-electron chi connectivity index (χ3n) is 2.89. The van der Waals surface area contributed by atoms with E-state index in [1.54, 1.807) is 11.8 Å². The molecule has 0 aromatic heterocycles. The van der Waals surface area contributed by atoms with Crippen LogP contribution in [0.15, 0.2) is 70.2 Å². The van der Waals surface area contributed by atoms with Crippen LogP contribution >= 0.6 is 27.7 Å². The molecular formula is C16H13BrN2S. The van der Waals surface area contributed by atoms with E-state index in [2.05, 4.69) is 56.8 Å². The first-order valence-electron chi connectivity index (χ1n) is 6.30. The lowest BCUT2D eigenvalue weighted by Crippen LogP contribution is -2.15. The van der Waals surface area contributed by atoms with Crippen LogP contribution in [0.25, 0.3) is 6.08 Å². The first kappa shape index (κ1) is 13.5. The van der Waals surface area contributed by atoms with Gasteiger partial charge in [0, 0.05) is 10.0 Å². The van der Waals surface area contributed by atoms with Crippen molar-refractivity contribution in [2.45, 2.75) is 5.37 Å². The normalized spacial score (nSPS) is 18.6. The predicted molar refractivity (Wildman–Crippen MR) is 90.8 cm³/mol. The van der Waals surface area contributed by atoms with Gasteiger partial charge in [0.05, 0.1) is 0 Å². The van der Waals surface area contributed by atoms with Gasteiger partial charge in [-0.3, -0.25) is 5.43 Å². The average molecular weight is 345 g/mol. The summed E-state index contributed by atoms with van der Waals surface area (Å²) in [5.74, 6) is 0. The molecule has 1 atom stereocenters. The Kier molecular flexibility index (Phi) is 4.23. The molecule has 0 radical (unpaired) electrons. The topological polar surface area (TPSA) is 24.4 Å². The van der Waals surface area contributed by atoms with Gasteiger partial charge in [-0.2, -0.15) is 5.10 Å². The highest BCUT2D eigenvalue weighted by atomic mass is 79.9. The van der Waals surface area contributed by atoms with Crippen LogP contribution in [0.2, 0.25) is 0 Å². The summed E-state index contributed by atoms with van der Waals surface area (Å²) in [4.78, 5) is 0. The summed E-state index contributed by atoms with van der Waals surface area (Å²) in [5.41, 5.74) is 5.48. The maximum Gasteiger partial charge on any atom is 0.127 e. The lowest BCUT2D eigenvalue weighted by Gasteiger charge is -2.08. The highest BCUT2D eigenvalue weighted by Gasteiger charge is 2.22. The van der Waals surface area contributed by atoms with E-state index >= 15 is 0 Å². The molecule has 0 unspecified atom stereocenters. The first-order chi connectivity index (χ1) is 9.83. The van der Waals surface area contributed by atoms with Gasteiger partial charge in [-0.05, 0) is 11.6 Å². The Balaban J connectivity index is 1.71. The minimum Gasteiger partial charge on any atom is -0.290 e. The summed E-state index contributed by atoms with van der Waals surface area (Å²) in [5, 5.41) is 5.56. The van der Waals surface area contributed by atoms with Crippen molar-refractivity contribution in [1.82, 2.24) is 5.43 Å². The SMILES string of the molecule is Br/C(=C\c1ccccc1)[C@@H]1NN=C(c2ccccc2)S1. The number of benzene rings is 2. The van der Waals surface area contributed by atoms with Crippen LogP contribution in [0.1, 0.15) is 11.1 Å². The number of nitrogens with zero attached hydrogens (tertiary/aromatic N) is 1. The molecule has 20 heavy (non-hydrogen) atoms. The lowest BCUT2D eigenvalue weighted by molar-refractivity contribution is 0.799. The van der Waals surface area contributed by atoms with Gasteiger partial charge in [-0.25, -0.2) is 0 Å². The van der Waals surface area contributed by atoms with Gasteiger partial charge in [0.1, 0.15) is 10.4 Å². The number of thioether (sulfide) groups is 1. The molecule has 100 valence electrons. The quantitative estimate of drug-likeness (QED) is 0.889. The standard InChI is InChI=1S/C16H13BrN2S/c17-14(11-12-7-3-1-4-8-12)16-19-18-15(20-16)13-9-5-2-6-10-13/h1-11,16,19H/b14-11-/t16-/m1/s1. The molecule has 0 amide bonds. The van der Waals surface area contributed by atoms with Crippen LogP contribution in [0.5, 0.6) is 0 Å². The van der Waals surface area contributed by atoms with Crippen molar-refractivity contribution >= 4 is 38.8 Å². The molecule has 1 N–H and O–H groups in total. The van der Waals surface area contributed by atoms with Crippen LogP contribution in [-0.4, -0.2) is 10.4 Å². The fourth-order valence-electron chi connectivity index (χ4n) is 1.90. The number of halogens is 1. The number of hydrazone groups is 1. The molecule has 0 fully saturated rings. The molecule has 1 aliphatic rings. The zero-order valence-electron chi connectivity index (χ0n) is 10.7. The van der Waals surface area contributed by atoms with Gasteiger partial charge >= 0.3 is 0 Å². The Morgan fingerprint density at radius 1 is 1.05 bits per heavy atom. The first-order valence-corrected chi connectivity index (χ1v) is 7.97. The summed E-state index contributed by atoms with van der Waals surface area (Å²) in [6.45, 7) is 0. The number of rotatable bonds is 3. The van der Waals surface area contributed by atoms with Gasteiger partial charge in [0.25, 0.3) is 0 Å². The minimum atomic E-state index is 0.130. The molecule has 4 heteroatoms. The molecular weight excluding hydrogens is 332 g/mol. The van der Waals surface area contributed by atoms with Crippen molar-refractivity contribution in [3.05, 3.63) is 76.3 Å². The predicted octanol–water partition coefficient (Wildman–Crippen LogP) is 4.45. The van der Waals surface area contributed by atoms with Crippen LogP contribution < -0.4 is 5.43 Å². The van der Waals surface area contributed by atoms with E-state index in [-0.39, 0.29) is 5.37 Å². The van der Waals surface area contributed by atoms with Crippen LogP contribution in [0.4, 0.5) is 0 Å². The van der Waals surface area contributed by atoms with Crippen molar-refractivity contribution in [3.63, 3.8) is 0 Å². The molecule has 0 saturated heterocycles. The maximum absolute atomic E-state index is 4.41. The Morgan fingerprint density at radius 2 is 1.70 bits per heavy atom. The van der Waals surface area contributed by atoms with Gasteiger partial charge in [0.15, 0.2) is 0 Å². The van der Waals surface area contributed by atoms with E-state index in [1.807, 2.05) is 36.4 Å². The fourth-order valence-corrected chi connectivity index (χ4v) is 3.43. The maximum atomic E-state index is 4.41. The largest absolute Gasteiger partial charge is 0.290 e. The second kappa shape index (κ2) is 6.29. The Labute approximate surface area is 131 Å². The fraction of sp³-hybridized carbons (Fsp3) is 0.0625. The Hall–Kier alpha value is -1.52. The van der Waals surface area contributed by atoms with Gasteiger partial charge in [-0.1, -0.05) is 88.4 Å². The Morgan fingerprint density at radius 3 is 2.40 bits per heavy atom. The summed E-state index contributed by atoms with van der Waals surface area (Å²) < 4.78 is 1.09. The van der Waals surface area contributed by atoms with E-state index in [1.165, 1.54) is 5.56 Å². The third-order valence-corrected chi connectivity index (χ3v) is 5.02. The average Bonchev–Trinajstić information content (AvgIpc) is 2.99. The van der Waals surface area contributed by atoms with Crippen molar-refractivity contribution in [2.24, 2.45) is 5.10 Å². The van der Waals surface area contributed by atoms with Gasteiger partial charge in [0.2, 0.25) is 0 Å². The van der Waals surface area contributed by atoms with Crippen molar-refractivity contribution < 1.29 is 0 Å². The molecule has 2 nitrogen and oxygen atoms in total. The molecule has 0 spiro atoms. The summed E-state index contributed by atoms with van der Waals surface area (Å²) in [6.07, 6.45) is 2.12.